The van der Waals surface area contributed by atoms with E-state index in [2.05, 4.69) is 10.7 Å². The molecule has 0 spiro atoms. The molecule has 0 aliphatic carbocycles. The van der Waals surface area contributed by atoms with Crippen molar-refractivity contribution in [3.05, 3.63) is 21.9 Å². The van der Waals surface area contributed by atoms with Crippen molar-refractivity contribution in [1.82, 2.24) is 5.32 Å². The maximum absolute atomic E-state index is 9.64. The quantitative estimate of drug-likeness (QED) is 0.748. The van der Waals surface area contributed by atoms with E-state index in [-0.39, 0.29) is 6.10 Å². The minimum atomic E-state index is -0.295. The zero-order valence-electron chi connectivity index (χ0n) is 7.50. The third-order valence-corrected chi connectivity index (χ3v) is 2.90. The maximum Gasteiger partial charge on any atom is 0.0894 e. The molecule has 2 nitrogen and oxygen atoms in total. The van der Waals surface area contributed by atoms with Gasteiger partial charge in [0, 0.05) is 4.88 Å². The molecule has 1 rings (SSSR count). The molecule has 0 fully saturated rings. The first-order valence-electron chi connectivity index (χ1n) is 4.11. The first kappa shape index (κ1) is 9.71. The van der Waals surface area contributed by atoms with Gasteiger partial charge in [0.2, 0.25) is 0 Å². The van der Waals surface area contributed by atoms with Crippen LogP contribution in [0.15, 0.2) is 11.4 Å². The van der Waals surface area contributed by atoms with Crippen LogP contribution in [-0.4, -0.2) is 18.7 Å². The molecule has 0 aliphatic heterocycles. The fraction of sp³-hybridized carbons (Fsp3) is 0.556. The van der Waals surface area contributed by atoms with Crippen LogP contribution >= 0.6 is 11.3 Å². The molecule has 1 unspecified atom stereocenters. The van der Waals surface area contributed by atoms with Crippen molar-refractivity contribution in [3.63, 3.8) is 0 Å². The van der Waals surface area contributed by atoms with Gasteiger partial charge in [-0.15, -0.1) is 11.3 Å². The van der Waals surface area contributed by atoms with Gasteiger partial charge in [-0.1, -0.05) is 0 Å². The Morgan fingerprint density at radius 3 is 2.92 bits per heavy atom. The molecule has 0 amide bonds. The number of hydrogen-bond acceptors (Lipinski definition) is 3. The summed E-state index contributed by atoms with van der Waals surface area (Å²) in [6, 6.07) is 2.05. The lowest BCUT2D eigenvalue weighted by molar-refractivity contribution is 0.171. The number of thiophene rings is 1. The average Bonchev–Trinajstić information content (AvgIpc) is 2.47. The number of nitrogens with one attached hydrogen (secondary N) is 1. The third-order valence-electron chi connectivity index (χ3n) is 1.75. The summed E-state index contributed by atoms with van der Waals surface area (Å²) in [6.45, 7) is 2.91. The van der Waals surface area contributed by atoms with Gasteiger partial charge < -0.3 is 10.4 Å². The molecule has 2 N–H and O–H groups in total. The molecule has 0 saturated carbocycles. The van der Waals surface area contributed by atoms with Gasteiger partial charge in [0.1, 0.15) is 0 Å². The van der Waals surface area contributed by atoms with Crippen molar-refractivity contribution in [3.8, 4) is 0 Å². The standard InChI is InChI=1S/C9H15NOS/c1-7-5-9(12-6-7)8(11)3-4-10-2/h5-6,8,10-11H,3-4H2,1-2H3. The number of hydrogen-bond donors (Lipinski definition) is 2. The molecule has 1 atom stereocenters. The predicted octanol–water partition coefficient (Wildman–Crippen LogP) is 1.70. The van der Waals surface area contributed by atoms with E-state index >= 15 is 0 Å². The summed E-state index contributed by atoms with van der Waals surface area (Å²) in [5, 5.41) is 14.7. The van der Waals surface area contributed by atoms with Gasteiger partial charge in [-0.2, -0.15) is 0 Å². The highest BCUT2D eigenvalue weighted by Crippen LogP contribution is 2.23. The van der Waals surface area contributed by atoms with E-state index in [1.54, 1.807) is 11.3 Å². The summed E-state index contributed by atoms with van der Waals surface area (Å²) < 4.78 is 0. The highest BCUT2D eigenvalue weighted by molar-refractivity contribution is 7.10. The first-order valence-corrected chi connectivity index (χ1v) is 4.99. The van der Waals surface area contributed by atoms with Crippen molar-refractivity contribution in [2.24, 2.45) is 0 Å². The van der Waals surface area contributed by atoms with Crippen molar-refractivity contribution in [2.75, 3.05) is 13.6 Å². The van der Waals surface area contributed by atoms with Crippen molar-refractivity contribution in [2.45, 2.75) is 19.4 Å². The smallest absolute Gasteiger partial charge is 0.0894 e. The van der Waals surface area contributed by atoms with Crippen LogP contribution in [0, 0.1) is 6.92 Å². The Morgan fingerprint density at radius 1 is 1.67 bits per heavy atom. The zero-order valence-corrected chi connectivity index (χ0v) is 8.32. The molecule has 0 aliphatic rings. The molecule has 0 saturated heterocycles. The fourth-order valence-corrected chi connectivity index (χ4v) is 1.97. The van der Waals surface area contributed by atoms with E-state index in [1.165, 1.54) is 5.56 Å². The predicted molar refractivity (Wildman–Crippen MR) is 52.6 cm³/mol. The Morgan fingerprint density at radius 2 is 2.42 bits per heavy atom. The van der Waals surface area contributed by atoms with Gasteiger partial charge in [0.05, 0.1) is 6.10 Å². The maximum atomic E-state index is 9.64. The SMILES string of the molecule is CNCCC(O)c1cc(C)cs1. The minimum absolute atomic E-state index is 0.295. The number of aliphatic hydroxyl groups excluding tert-OH is 1. The molecule has 1 aromatic heterocycles. The second-order valence-electron chi connectivity index (χ2n) is 2.93. The molecule has 68 valence electrons. The van der Waals surface area contributed by atoms with Gasteiger partial charge in [-0.25, -0.2) is 0 Å². The average molecular weight is 185 g/mol. The largest absolute Gasteiger partial charge is 0.388 e. The van der Waals surface area contributed by atoms with Crippen molar-refractivity contribution >= 4 is 11.3 Å². The molecule has 3 heteroatoms. The second kappa shape index (κ2) is 4.60. The van der Waals surface area contributed by atoms with E-state index in [1.807, 2.05) is 20.0 Å². The lowest BCUT2D eigenvalue weighted by Crippen LogP contribution is -2.11. The van der Waals surface area contributed by atoms with Gasteiger partial charge in [0.15, 0.2) is 0 Å². The molecule has 1 aromatic rings. The van der Waals surface area contributed by atoms with Crippen LogP contribution in [0.25, 0.3) is 0 Å². The van der Waals surface area contributed by atoms with Crippen molar-refractivity contribution < 1.29 is 5.11 Å². The van der Waals surface area contributed by atoms with Crippen LogP contribution in [0.2, 0.25) is 0 Å². The van der Waals surface area contributed by atoms with Gasteiger partial charge in [-0.3, -0.25) is 0 Å². The van der Waals surface area contributed by atoms with E-state index in [0.717, 1.165) is 17.8 Å². The Labute approximate surface area is 77.2 Å². The normalized spacial score (nSPS) is 13.2. The lowest BCUT2D eigenvalue weighted by Gasteiger charge is -2.06. The summed E-state index contributed by atoms with van der Waals surface area (Å²) in [5.74, 6) is 0. The lowest BCUT2D eigenvalue weighted by atomic mass is 10.2. The number of aryl methyl sites for hydroxylation is 1. The van der Waals surface area contributed by atoms with Crippen LogP contribution in [-0.2, 0) is 0 Å². The molecular formula is C9H15NOS. The molecule has 0 bridgehead atoms. The zero-order chi connectivity index (χ0) is 8.97. The van der Waals surface area contributed by atoms with Gasteiger partial charge in [-0.05, 0) is 43.9 Å². The Balaban J connectivity index is 2.47. The Kier molecular flexibility index (Phi) is 3.72. The first-order chi connectivity index (χ1) is 5.74. The third kappa shape index (κ3) is 2.59. The topological polar surface area (TPSA) is 32.3 Å². The summed E-state index contributed by atoms with van der Waals surface area (Å²) >= 11 is 1.63. The summed E-state index contributed by atoms with van der Waals surface area (Å²) in [7, 11) is 1.90. The monoisotopic (exact) mass is 185 g/mol. The van der Waals surface area contributed by atoms with Crippen LogP contribution in [0.4, 0.5) is 0 Å². The highest BCUT2D eigenvalue weighted by atomic mass is 32.1. The molecule has 0 radical (unpaired) electrons. The van der Waals surface area contributed by atoms with E-state index < -0.39 is 0 Å². The summed E-state index contributed by atoms with van der Waals surface area (Å²) in [4.78, 5) is 1.07. The van der Waals surface area contributed by atoms with Crippen LogP contribution in [0.3, 0.4) is 0 Å². The minimum Gasteiger partial charge on any atom is -0.388 e. The Bertz CT molecular complexity index is 234. The van der Waals surface area contributed by atoms with Gasteiger partial charge >= 0.3 is 0 Å². The van der Waals surface area contributed by atoms with Crippen LogP contribution in [0.5, 0.6) is 0 Å². The molecule has 12 heavy (non-hydrogen) atoms. The van der Waals surface area contributed by atoms with E-state index in [4.69, 9.17) is 0 Å². The molecule has 0 aromatic carbocycles. The van der Waals surface area contributed by atoms with Crippen molar-refractivity contribution in [1.29, 1.82) is 0 Å². The van der Waals surface area contributed by atoms with E-state index in [9.17, 15) is 5.11 Å². The Hall–Kier alpha value is -0.380. The van der Waals surface area contributed by atoms with E-state index in [0.29, 0.717) is 0 Å². The second-order valence-corrected chi connectivity index (χ2v) is 3.88. The summed E-state index contributed by atoms with van der Waals surface area (Å²) in [5.41, 5.74) is 1.23. The number of aliphatic hydroxyl groups is 1. The van der Waals surface area contributed by atoms with Crippen LogP contribution in [0.1, 0.15) is 23.0 Å². The molecular weight excluding hydrogens is 170 g/mol. The highest BCUT2D eigenvalue weighted by Gasteiger charge is 2.07. The fourth-order valence-electron chi connectivity index (χ4n) is 1.05. The summed E-state index contributed by atoms with van der Waals surface area (Å²) in [6.07, 6.45) is 0.493. The number of rotatable bonds is 4. The molecule has 1 heterocycles. The van der Waals surface area contributed by atoms with Crippen LogP contribution < -0.4 is 5.32 Å². The van der Waals surface area contributed by atoms with Gasteiger partial charge in [0.25, 0.3) is 0 Å².